The lowest BCUT2D eigenvalue weighted by Gasteiger charge is -2.30. The van der Waals surface area contributed by atoms with Crippen LogP contribution in [-0.4, -0.2) is 10.7 Å². The van der Waals surface area contributed by atoms with Crippen molar-refractivity contribution in [3.8, 4) is 6.07 Å². The van der Waals surface area contributed by atoms with Crippen LogP contribution >= 0.6 is 34.5 Å². The lowest BCUT2D eigenvalue weighted by atomic mass is 9.76. The van der Waals surface area contributed by atoms with E-state index in [1.165, 1.54) is 0 Å². The van der Waals surface area contributed by atoms with Crippen LogP contribution in [0.4, 0.5) is 0 Å². The molecule has 0 fully saturated rings. The Labute approximate surface area is 155 Å². The molecule has 0 N–H and O–H groups in total. The summed E-state index contributed by atoms with van der Waals surface area (Å²) in [6.45, 7) is 5.80. The summed E-state index contributed by atoms with van der Waals surface area (Å²) in [4.78, 5) is 9.21. The molecule has 0 saturated heterocycles. The minimum atomic E-state index is -0.383. The van der Waals surface area contributed by atoms with Crippen molar-refractivity contribution in [3.05, 3.63) is 55.6 Å². The van der Waals surface area contributed by atoms with Crippen LogP contribution in [0.1, 0.15) is 36.0 Å². The number of aryl methyl sites for hydroxylation is 1. The summed E-state index contributed by atoms with van der Waals surface area (Å²) < 4.78 is 0. The van der Waals surface area contributed by atoms with Crippen molar-refractivity contribution >= 4 is 45.8 Å². The molecule has 1 aliphatic rings. The maximum absolute atomic E-state index is 9.76. The number of allylic oxidation sites excluding steroid dienone is 2. The predicted octanol–water partition coefficient (Wildman–Crippen LogP) is 5.89. The van der Waals surface area contributed by atoms with Gasteiger partial charge in [-0.25, -0.2) is 4.98 Å². The molecule has 2 unspecified atom stereocenters. The summed E-state index contributed by atoms with van der Waals surface area (Å²) in [5.74, 6) is -0.589. The Hall–Kier alpha value is -1.67. The summed E-state index contributed by atoms with van der Waals surface area (Å²) in [5, 5.41) is 13.8. The Morgan fingerprint density at radius 3 is 2.54 bits per heavy atom. The largest absolute Gasteiger partial charge is 0.261 e. The number of benzene rings is 1. The Morgan fingerprint density at radius 2 is 1.96 bits per heavy atom. The summed E-state index contributed by atoms with van der Waals surface area (Å²) in [5.41, 5.74) is 4.47. The van der Waals surface area contributed by atoms with Crippen LogP contribution in [0.5, 0.6) is 0 Å². The SMILES string of the molecule is CC1=NC(C)=C(c2nc(C)cs2)C(c2ccc(Cl)cc2Cl)C1C#N. The highest BCUT2D eigenvalue weighted by molar-refractivity contribution is 7.10. The minimum Gasteiger partial charge on any atom is -0.261 e. The van der Waals surface area contributed by atoms with Gasteiger partial charge < -0.3 is 0 Å². The highest BCUT2D eigenvalue weighted by Gasteiger charge is 2.36. The first-order valence-electron chi connectivity index (χ1n) is 7.45. The molecule has 3 nitrogen and oxygen atoms in total. The fourth-order valence-electron chi connectivity index (χ4n) is 3.05. The van der Waals surface area contributed by atoms with E-state index < -0.39 is 0 Å². The normalized spacial score (nSPS) is 20.8. The second-order valence-corrected chi connectivity index (χ2v) is 7.50. The quantitative estimate of drug-likeness (QED) is 0.656. The zero-order valence-corrected chi connectivity index (χ0v) is 15.8. The van der Waals surface area contributed by atoms with Gasteiger partial charge in [0.1, 0.15) is 5.01 Å². The van der Waals surface area contributed by atoms with Gasteiger partial charge in [0, 0.05) is 44.0 Å². The summed E-state index contributed by atoms with van der Waals surface area (Å²) >= 11 is 14.1. The van der Waals surface area contributed by atoms with E-state index in [1.807, 2.05) is 32.2 Å². The van der Waals surface area contributed by atoms with Crippen molar-refractivity contribution in [2.75, 3.05) is 0 Å². The monoisotopic (exact) mass is 375 g/mol. The second kappa shape index (κ2) is 6.68. The minimum absolute atomic E-state index is 0.206. The molecule has 0 spiro atoms. The van der Waals surface area contributed by atoms with E-state index in [0.717, 1.165) is 33.2 Å². The summed E-state index contributed by atoms with van der Waals surface area (Å²) in [6, 6.07) is 7.81. The van der Waals surface area contributed by atoms with Gasteiger partial charge in [-0.1, -0.05) is 29.3 Å². The van der Waals surface area contributed by atoms with E-state index in [1.54, 1.807) is 23.5 Å². The van der Waals surface area contributed by atoms with Crippen molar-refractivity contribution in [2.45, 2.75) is 26.7 Å². The second-order valence-electron chi connectivity index (χ2n) is 5.80. The van der Waals surface area contributed by atoms with Crippen LogP contribution in [0.3, 0.4) is 0 Å². The van der Waals surface area contributed by atoms with Gasteiger partial charge in [0.15, 0.2) is 0 Å². The number of hydrogen-bond donors (Lipinski definition) is 0. The smallest absolute Gasteiger partial charge is 0.122 e. The topological polar surface area (TPSA) is 49.0 Å². The van der Waals surface area contributed by atoms with Crippen molar-refractivity contribution in [1.82, 2.24) is 4.98 Å². The third-order valence-electron chi connectivity index (χ3n) is 4.11. The maximum Gasteiger partial charge on any atom is 0.122 e. The molecule has 0 aliphatic carbocycles. The molecular formula is C18H15Cl2N3S. The zero-order chi connectivity index (χ0) is 17.4. The van der Waals surface area contributed by atoms with E-state index in [4.69, 9.17) is 23.2 Å². The lowest BCUT2D eigenvalue weighted by molar-refractivity contribution is 0.747. The van der Waals surface area contributed by atoms with E-state index in [-0.39, 0.29) is 11.8 Å². The molecule has 1 aromatic carbocycles. The average molecular weight is 376 g/mol. The number of hydrogen-bond acceptors (Lipinski definition) is 4. The van der Waals surface area contributed by atoms with E-state index in [2.05, 4.69) is 16.0 Å². The van der Waals surface area contributed by atoms with Gasteiger partial charge in [0.2, 0.25) is 0 Å². The lowest BCUT2D eigenvalue weighted by Crippen LogP contribution is -2.24. The van der Waals surface area contributed by atoms with Crippen LogP contribution in [0.25, 0.3) is 5.57 Å². The molecule has 24 heavy (non-hydrogen) atoms. The molecule has 122 valence electrons. The first-order valence-corrected chi connectivity index (χ1v) is 9.09. The van der Waals surface area contributed by atoms with E-state index in [9.17, 15) is 5.26 Å². The Kier molecular flexibility index (Phi) is 4.78. The summed E-state index contributed by atoms with van der Waals surface area (Å²) in [7, 11) is 0. The molecule has 0 amide bonds. The molecule has 2 heterocycles. The first kappa shape index (κ1) is 17.2. The van der Waals surface area contributed by atoms with Gasteiger partial charge in [0.25, 0.3) is 0 Å². The average Bonchev–Trinajstić information content (AvgIpc) is 2.93. The summed E-state index contributed by atoms with van der Waals surface area (Å²) in [6.07, 6.45) is 0. The van der Waals surface area contributed by atoms with Crippen molar-refractivity contribution in [2.24, 2.45) is 10.9 Å². The van der Waals surface area contributed by atoms with Crippen molar-refractivity contribution in [3.63, 3.8) is 0 Å². The molecule has 0 radical (unpaired) electrons. The molecule has 0 bridgehead atoms. The number of aliphatic imine (C=N–C) groups is 1. The van der Waals surface area contributed by atoms with Gasteiger partial charge in [-0.3, -0.25) is 4.99 Å². The predicted molar refractivity (Wildman–Crippen MR) is 101 cm³/mol. The van der Waals surface area contributed by atoms with Crippen molar-refractivity contribution < 1.29 is 0 Å². The van der Waals surface area contributed by atoms with Crippen LogP contribution < -0.4 is 0 Å². The molecule has 2 atom stereocenters. The molecule has 1 aromatic heterocycles. The molecular weight excluding hydrogens is 361 g/mol. The van der Waals surface area contributed by atoms with Gasteiger partial charge in [-0.15, -0.1) is 11.3 Å². The first-order chi connectivity index (χ1) is 11.4. The highest BCUT2D eigenvalue weighted by Crippen LogP contribution is 2.46. The maximum atomic E-state index is 9.76. The Morgan fingerprint density at radius 1 is 1.21 bits per heavy atom. The zero-order valence-electron chi connectivity index (χ0n) is 13.5. The molecule has 0 saturated carbocycles. The number of thiazole rings is 1. The number of aromatic nitrogens is 1. The van der Waals surface area contributed by atoms with Gasteiger partial charge in [-0.2, -0.15) is 5.26 Å². The molecule has 3 rings (SSSR count). The van der Waals surface area contributed by atoms with Crippen LogP contribution in [0, 0.1) is 24.2 Å². The Balaban J connectivity index is 2.25. The Bertz CT molecular complexity index is 905. The highest BCUT2D eigenvalue weighted by atomic mass is 35.5. The van der Waals surface area contributed by atoms with Crippen LogP contribution in [0.2, 0.25) is 10.0 Å². The van der Waals surface area contributed by atoms with Gasteiger partial charge in [0.05, 0.1) is 12.0 Å². The fraction of sp³-hybridized carbons (Fsp3) is 0.278. The van der Waals surface area contributed by atoms with Gasteiger partial charge in [-0.05, 0) is 38.5 Å². The number of nitriles is 1. The number of halogens is 2. The van der Waals surface area contributed by atoms with Crippen molar-refractivity contribution in [1.29, 1.82) is 5.26 Å². The molecule has 6 heteroatoms. The number of nitrogens with zero attached hydrogens (tertiary/aromatic N) is 3. The molecule has 2 aromatic rings. The number of rotatable bonds is 2. The van der Waals surface area contributed by atoms with Gasteiger partial charge >= 0.3 is 0 Å². The molecule has 1 aliphatic heterocycles. The van der Waals surface area contributed by atoms with E-state index >= 15 is 0 Å². The third kappa shape index (κ3) is 3.00. The van der Waals surface area contributed by atoms with Crippen LogP contribution in [-0.2, 0) is 0 Å². The van der Waals surface area contributed by atoms with Crippen LogP contribution in [0.15, 0.2) is 34.3 Å². The standard InChI is InChI=1S/C18H15Cl2N3S/c1-9-8-24-18(22-9)16-11(3)23-10(2)14(7-21)17(16)13-5-4-12(19)6-15(13)20/h4-6,8,14,17H,1-3H3. The third-order valence-corrected chi connectivity index (χ3v) is 5.67. The fourth-order valence-corrected chi connectivity index (χ4v) is 4.51. The van der Waals surface area contributed by atoms with E-state index in [0.29, 0.717) is 10.0 Å².